The van der Waals surface area contributed by atoms with Crippen LogP contribution in [0.1, 0.15) is 34.1 Å². The van der Waals surface area contributed by atoms with Crippen LogP contribution in [0.5, 0.6) is 0 Å². The number of primary amides is 1. The molecule has 0 spiro atoms. The average Bonchev–Trinajstić information content (AvgIpc) is 2.25. The number of nitrogens with two attached hydrogens (primary N) is 1. The van der Waals surface area contributed by atoms with Crippen LogP contribution in [0.15, 0.2) is 4.99 Å². The van der Waals surface area contributed by atoms with Crippen LogP contribution < -0.4 is 11.1 Å². The summed E-state index contributed by atoms with van der Waals surface area (Å²) in [6.07, 6.45) is 0.313. The number of nitrogens with zero attached hydrogens (tertiary/aromatic N) is 1. The van der Waals surface area contributed by atoms with Crippen molar-refractivity contribution in [3.63, 3.8) is 0 Å². The van der Waals surface area contributed by atoms with Crippen molar-refractivity contribution in [2.24, 2.45) is 10.7 Å². The molecule has 3 N–H and O–H groups in total. The van der Waals surface area contributed by atoms with Crippen LogP contribution in [-0.4, -0.2) is 27.9 Å². The molecular weight excluding hydrogens is 210 g/mol. The van der Waals surface area contributed by atoms with Gasteiger partial charge in [0, 0.05) is 17.7 Å². The highest BCUT2D eigenvalue weighted by Crippen LogP contribution is 2.27. The van der Waals surface area contributed by atoms with Crippen LogP contribution in [-0.2, 0) is 4.79 Å². The number of hydrogen-bond donors (Lipinski definition) is 2. The van der Waals surface area contributed by atoms with Gasteiger partial charge in [-0.3, -0.25) is 9.79 Å². The second-order valence-corrected chi connectivity index (χ2v) is 6.13. The minimum atomic E-state index is -0.321. The first-order chi connectivity index (χ1) is 6.70. The van der Waals surface area contributed by atoms with Crippen molar-refractivity contribution in [2.75, 3.05) is 5.75 Å². The minimum absolute atomic E-state index is 0.00416. The van der Waals surface area contributed by atoms with Crippen LogP contribution in [0, 0.1) is 0 Å². The van der Waals surface area contributed by atoms with Gasteiger partial charge in [0.15, 0.2) is 5.17 Å². The maximum Gasteiger partial charge on any atom is 0.219 e. The van der Waals surface area contributed by atoms with E-state index in [0.717, 1.165) is 10.9 Å². The third-order valence-electron chi connectivity index (χ3n) is 2.03. The molecule has 1 amide bonds. The average molecular weight is 229 g/mol. The minimum Gasteiger partial charge on any atom is -0.370 e. The number of carbonyl (C=O) groups excluding carboxylic acids is 1. The number of aliphatic imine (C=N–C) groups is 1. The normalized spacial score (nSPS) is 19.9. The van der Waals surface area contributed by atoms with Gasteiger partial charge in [-0.05, 0) is 27.7 Å². The van der Waals surface area contributed by atoms with Gasteiger partial charge < -0.3 is 11.1 Å². The number of hydrogen-bond acceptors (Lipinski definition) is 4. The lowest BCUT2D eigenvalue weighted by Crippen LogP contribution is -2.44. The molecule has 1 heterocycles. The van der Waals surface area contributed by atoms with Crippen molar-refractivity contribution in [2.45, 2.75) is 45.2 Å². The van der Waals surface area contributed by atoms with Crippen molar-refractivity contribution >= 4 is 22.8 Å². The van der Waals surface area contributed by atoms with E-state index in [4.69, 9.17) is 5.73 Å². The number of amidine groups is 1. The van der Waals surface area contributed by atoms with Gasteiger partial charge in [-0.15, -0.1) is 0 Å². The van der Waals surface area contributed by atoms with Crippen molar-refractivity contribution < 1.29 is 4.79 Å². The molecule has 0 bridgehead atoms. The largest absolute Gasteiger partial charge is 0.370 e. The highest BCUT2D eigenvalue weighted by Gasteiger charge is 2.29. The smallest absolute Gasteiger partial charge is 0.219 e. The lowest BCUT2D eigenvalue weighted by Gasteiger charge is -2.25. The number of rotatable bonds is 3. The Kier molecular flexibility index (Phi) is 3.33. The zero-order valence-electron chi connectivity index (χ0n) is 9.76. The summed E-state index contributed by atoms with van der Waals surface area (Å²) in [4.78, 5) is 15.4. The van der Waals surface area contributed by atoms with Crippen LogP contribution >= 0.6 is 11.8 Å². The van der Waals surface area contributed by atoms with E-state index in [1.807, 2.05) is 13.8 Å². The first kappa shape index (κ1) is 12.4. The van der Waals surface area contributed by atoms with Crippen molar-refractivity contribution in [3.8, 4) is 0 Å². The molecular formula is C10H19N3OS. The van der Waals surface area contributed by atoms with E-state index < -0.39 is 0 Å². The quantitative estimate of drug-likeness (QED) is 0.762. The maximum atomic E-state index is 10.9. The van der Waals surface area contributed by atoms with Gasteiger partial charge in [-0.1, -0.05) is 11.8 Å². The topological polar surface area (TPSA) is 67.5 Å². The van der Waals surface area contributed by atoms with E-state index in [-0.39, 0.29) is 17.0 Å². The molecule has 0 atom stereocenters. The van der Waals surface area contributed by atoms with E-state index in [2.05, 4.69) is 24.2 Å². The van der Waals surface area contributed by atoms with Gasteiger partial charge in [0.05, 0.1) is 5.54 Å². The molecule has 0 aromatic heterocycles. The van der Waals surface area contributed by atoms with Gasteiger partial charge >= 0.3 is 0 Å². The summed E-state index contributed by atoms with van der Waals surface area (Å²) in [5.74, 6) is 0.678. The Morgan fingerprint density at radius 2 is 2.27 bits per heavy atom. The van der Waals surface area contributed by atoms with Crippen molar-refractivity contribution in [3.05, 3.63) is 0 Å². The lowest BCUT2D eigenvalue weighted by molar-refractivity contribution is -0.119. The first-order valence-corrected chi connectivity index (χ1v) is 5.98. The third kappa shape index (κ3) is 4.11. The number of carbonyl (C=O) groups is 1. The fourth-order valence-electron chi connectivity index (χ4n) is 1.42. The Hall–Kier alpha value is -0.710. The van der Waals surface area contributed by atoms with E-state index in [9.17, 15) is 4.79 Å². The third-order valence-corrected chi connectivity index (χ3v) is 3.35. The predicted molar refractivity (Wildman–Crippen MR) is 65.0 cm³/mol. The summed E-state index contributed by atoms with van der Waals surface area (Å²) >= 11 is 1.69. The molecule has 0 saturated heterocycles. The Bertz CT molecular complexity index is 297. The van der Waals surface area contributed by atoms with E-state index in [0.29, 0.717) is 6.42 Å². The number of nitrogens with one attached hydrogen (secondary N) is 1. The molecule has 0 aromatic rings. The summed E-state index contributed by atoms with van der Waals surface area (Å²) < 4.78 is 0. The summed E-state index contributed by atoms with van der Waals surface area (Å²) in [7, 11) is 0. The lowest BCUT2D eigenvalue weighted by atomic mass is 10.0. The summed E-state index contributed by atoms with van der Waals surface area (Å²) in [5, 5.41) is 4.16. The first-order valence-electron chi connectivity index (χ1n) is 4.99. The Morgan fingerprint density at radius 1 is 1.67 bits per heavy atom. The molecule has 0 saturated carbocycles. The van der Waals surface area contributed by atoms with Crippen LogP contribution in [0.4, 0.5) is 0 Å². The van der Waals surface area contributed by atoms with Gasteiger partial charge in [-0.25, -0.2) is 0 Å². The van der Waals surface area contributed by atoms with Gasteiger partial charge in [0.1, 0.15) is 0 Å². The highest BCUT2D eigenvalue weighted by atomic mass is 32.2. The summed E-state index contributed by atoms with van der Waals surface area (Å²) in [6.45, 7) is 8.09. The predicted octanol–water partition coefficient (Wildman–Crippen LogP) is 1.11. The van der Waals surface area contributed by atoms with Gasteiger partial charge in [0.25, 0.3) is 0 Å². The number of thioether (sulfide) groups is 1. The molecule has 15 heavy (non-hydrogen) atoms. The molecule has 0 aromatic carbocycles. The molecule has 0 fully saturated rings. The fraction of sp³-hybridized carbons (Fsp3) is 0.800. The second kappa shape index (κ2) is 4.04. The Labute approximate surface area is 95.1 Å². The Balaban J connectivity index is 2.59. The van der Waals surface area contributed by atoms with Crippen LogP contribution in [0.2, 0.25) is 0 Å². The van der Waals surface area contributed by atoms with E-state index >= 15 is 0 Å². The van der Waals surface area contributed by atoms with Crippen LogP contribution in [0.3, 0.4) is 0 Å². The van der Waals surface area contributed by atoms with Crippen molar-refractivity contribution in [1.29, 1.82) is 0 Å². The standard InChI is InChI=1S/C10H19N3OS/c1-9(2,5-7(11)14)12-8-13-10(3,4)6-15-8/h5-6H2,1-4H3,(H2,11,14)(H,12,13). The summed E-state index contributed by atoms with van der Waals surface area (Å²) in [6, 6.07) is 0. The second-order valence-electron chi connectivity index (χ2n) is 5.17. The highest BCUT2D eigenvalue weighted by molar-refractivity contribution is 8.14. The van der Waals surface area contributed by atoms with E-state index in [1.54, 1.807) is 11.8 Å². The number of amides is 1. The SMILES string of the molecule is CC1(C)CSC(NC(C)(C)CC(N)=O)=N1. The van der Waals surface area contributed by atoms with Crippen LogP contribution in [0.25, 0.3) is 0 Å². The summed E-state index contributed by atoms with van der Waals surface area (Å²) in [5.41, 5.74) is 4.86. The molecule has 1 aliphatic heterocycles. The molecule has 4 nitrogen and oxygen atoms in total. The zero-order chi connectivity index (χ0) is 11.7. The van der Waals surface area contributed by atoms with Gasteiger partial charge in [-0.2, -0.15) is 0 Å². The van der Waals surface area contributed by atoms with Gasteiger partial charge in [0.2, 0.25) is 5.91 Å². The maximum absolute atomic E-state index is 10.9. The van der Waals surface area contributed by atoms with Crippen molar-refractivity contribution in [1.82, 2.24) is 5.32 Å². The molecule has 1 rings (SSSR count). The molecule has 0 aliphatic carbocycles. The monoisotopic (exact) mass is 229 g/mol. The molecule has 5 heteroatoms. The molecule has 0 radical (unpaired) electrons. The van der Waals surface area contributed by atoms with E-state index in [1.165, 1.54) is 0 Å². The fourth-order valence-corrected chi connectivity index (χ4v) is 2.63. The zero-order valence-corrected chi connectivity index (χ0v) is 10.6. The Morgan fingerprint density at radius 3 is 2.67 bits per heavy atom. The molecule has 0 unspecified atom stereocenters. The molecule has 86 valence electrons. The molecule has 1 aliphatic rings.